The van der Waals surface area contributed by atoms with Crippen LogP contribution >= 0.6 is 11.3 Å². The van der Waals surface area contributed by atoms with E-state index in [4.69, 9.17) is 4.74 Å². The smallest absolute Gasteiger partial charge is 0.191 e. The van der Waals surface area contributed by atoms with Crippen LogP contribution in [0.25, 0.3) is 0 Å². The third kappa shape index (κ3) is 5.25. The molecule has 2 heterocycles. The number of aliphatic imine (C=N–C) groups is 1. The van der Waals surface area contributed by atoms with Crippen LogP contribution in [0.3, 0.4) is 0 Å². The molecule has 0 bridgehead atoms. The van der Waals surface area contributed by atoms with Crippen molar-refractivity contribution in [3.8, 4) is 0 Å². The van der Waals surface area contributed by atoms with Gasteiger partial charge in [-0.1, -0.05) is 20.8 Å². The number of hydrogen-bond donors (Lipinski definition) is 2. The zero-order chi connectivity index (χ0) is 16.0. The number of nitrogens with one attached hydrogen (secondary N) is 2. The van der Waals surface area contributed by atoms with Crippen molar-refractivity contribution in [3.05, 3.63) is 16.1 Å². The van der Waals surface area contributed by atoms with Gasteiger partial charge >= 0.3 is 0 Å². The summed E-state index contributed by atoms with van der Waals surface area (Å²) in [5.74, 6) is 0.836. The predicted octanol–water partition coefficient (Wildman–Crippen LogP) is 2.67. The van der Waals surface area contributed by atoms with Crippen molar-refractivity contribution in [2.45, 2.75) is 58.6 Å². The lowest BCUT2D eigenvalue weighted by Crippen LogP contribution is -2.41. The SMILES string of the molecule is CCNC(=NCc1csc(C(C)(C)C)n1)NCC1CCCO1. The third-order valence-electron chi connectivity index (χ3n) is 3.46. The van der Waals surface area contributed by atoms with E-state index in [1.54, 1.807) is 11.3 Å². The molecule has 5 nitrogen and oxygen atoms in total. The summed E-state index contributed by atoms with van der Waals surface area (Å²) in [5.41, 5.74) is 1.14. The molecule has 1 saturated heterocycles. The Morgan fingerprint density at radius 1 is 1.45 bits per heavy atom. The molecule has 0 aromatic carbocycles. The Balaban J connectivity index is 1.89. The highest BCUT2D eigenvalue weighted by Gasteiger charge is 2.18. The maximum Gasteiger partial charge on any atom is 0.191 e. The summed E-state index contributed by atoms with van der Waals surface area (Å²) in [4.78, 5) is 9.31. The van der Waals surface area contributed by atoms with Gasteiger partial charge in [0, 0.05) is 30.5 Å². The summed E-state index contributed by atoms with van der Waals surface area (Å²) in [6.45, 7) is 11.8. The second-order valence-corrected chi connectivity index (χ2v) is 7.46. The molecule has 2 N–H and O–H groups in total. The highest BCUT2D eigenvalue weighted by Crippen LogP contribution is 2.25. The van der Waals surface area contributed by atoms with Crippen molar-refractivity contribution in [3.63, 3.8) is 0 Å². The van der Waals surface area contributed by atoms with Gasteiger partial charge in [0.1, 0.15) is 0 Å². The fourth-order valence-electron chi connectivity index (χ4n) is 2.24. The van der Waals surface area contributed by atoms with E-state index in [1.165, 1.54) is 0 Å². The monoisotopic (exact) mass is 324 g/mol. The normalized spacial score (nSPS) is 19.5. The van der Waals surface area contributed by atoms with Crippen LogP contribution in [0.4, 0.5) is 0 Å². The van der Waals surface area contributed by atoms with Gasteiger partial charge in [-0.15, -0.1) is 11.3 Å². The second kappa shape index (κ2) is 7.92. The number of rotatable bonds is 5. The Morgan fingerprint density at radius 2 is 2.27 bits per heavy atom. The zero-order valence-electron chi connectivity index (χ0n) is 14.1. The van der Waals surface area contributed by atoms with E-state index >= 15 is 0 Å². The van der Waals surface area contributed by atoms with E-state index in [0.717, 1.165) is 49.2 Å². The van der Waals surface area contributed by atoms with Crippen molar-refractivity contribution < 1.29 is 4.74 Å². The average Bonchev–Trinajstić information content (AvgIpc) is 3.12. The van der Waals surface area contributed by atoms with Crippen molar-refractivity contribution >= 4 is 17.3 Å². The molecule has 0 spiro atoms. The Labute approximate surface area is 137 Å². The molecule has 6 heteroatoms. The average molecular weight is 324 g/mol. The molecule has 1 atom stereocenters. The Kier molecular flexibility index (Phi) is 6.20. The van der Waals surface area contributed by atoms with E-state index in [-0.39, 0.29) is 5.41 Å². The first kappa shape index (κ1) is 17.2. The van der Waals surface area contributed by atoms with Gasteiger partial charge < -0.3 is 15.4 Å². The molecule has 0 radical (unpaired) electrons. The van der Waals surface area contributed by atoms with E-state index in [0.29, 0.717) is 12.6 Å². The molecule has 1 aromatic rings. The highest BCUT2D eigenvalue weighted by atomic mass is 32.1. The molecule has 22 heavy (non-hydrogen) atoms. The topological polar surface area (TPSA) is 58.5 Å². The van der Waals surface area contributed by atoms with Gasteiger partial charge in [-0.2, -0.15) is 0 Å². The van der Waals surface area contributed by atoms with Crippen LogP contribution in [-0.2, 0) is 16.7 Å². The van der Waals surface area contributed by atoms with E-state index < -0.39 is 0 Å². The van der Waals surface area contributed by atoms with Crippen LogP contribution in [0.1, 0.15) is 51.2 Å². The summed E-state index contributed by atoms with van der Waals surface area (Å²) in [6.07, 6.45) is 2.61. The van der Waals surface area contributed by atoms with Crippen LogP contribution in [-0.4, -0.2) is 36.7 Å². The van der Waals surface area contributed by atoms with Crippen LogP contribution in [0.2, 0.25) is 0 Å². The molecule has 1 aliphatic heterocycles. The molecular formula is C16H28N4OS. The number of hydrogen-bond acceptors (Lipinski definition) is 4. The number of aromatic nitrogens is 1. The van der Waals surface area contributed by atoms with Crippen molar-refractivity contribution in [2.24, 2.45) is 4.99 Å². The van der Waals surface area contributed by atoms with Crippen LogP contribution in [0, 0.1) is 0 Å². The molecular weight excluding hydrogens is 296 g/mol. The standard InChI is InChI=1S/C16H28N4OS/c1-5-17-15(19-10-13-7-6-8-21-13)18-9-12-11-22-14(20-12)16(2,3)4/h11,13H,5-10H2,1-4H3,(H2,17,18,19). The number of guanidine groups is 1. The summed E-state index contributed by atoms with van der Waals surface area (Å²) in [7, 11) is 0. The summed E-state index contributed by atoms with van der Waals surface area (Å²) < 4.78 is 5.63. The molecule has 1 aliphatic rings. The van der Waals surface area contributed by atoms with Crippen LogP contribution in [0.5, 0.6) is 0 Å². The number of nitrogens with zero attached hydrogens (tertiary/aromatic N) is 2. The van der Waals surface area contributed by atoms with E-state index in [2.05, 4.69) is 53.7 Å². The van der Waals surface area contributed by atoms with Crippen molar-refractivity contribution in [1.82, 2.24) is 15.6 Å². The summed E-state index contributed by atoms with van der Waals surface area (Å²) in [5, 5.41) is 9.90. The first-order valence-corrected chi connectivity index (χ1v) is 8.95. The molecule has 0 saturated carbocycles. The van der Waals surface area contributed by atoms with Gasteiger partial charge in [0.15, 0.2) is 5.96 Å². The molecule has 1 fully saturated rings. The first-order chi connectivity index (χ1) is 10.5. The quantitative estimate of drug-likeness (QED) is 0.646. The van der Waals surface area contributed by atoms with Gasteiger partial charge in [-0.25, -0.2) is 9.98 Å². The molecule has 1 unspecified atom stereocenters. The molecule has 0 amide bonds. The molecule has 124 valence electrons. The lowest BCUT2D eigenvalue weighted by molar-refractivity contribution is 0.114. The summed E-state index contributed by atoms with van der Waals surface area (Å²) >= 11 is 1.71. The molecule has 2 rings (SSSR count). The Hall–Kier alpha value is -1.14. The van der Waals surface area contributed by atoms with Gasteiger partial charge in [-0.05, 0) is 19.8 Å². The molecule has 1 aromatic heterocycles. The Morgan fingerprint density at radius 3 is 2.86 bits per heavy atom. The Bertz CT molecular complexity index is 487. The molecule has 0 aliphatic carbocycles. The zero-order valence-corrected chi connectivity index (χ0v) is 14.9. The van der Waals surface area contributed by atoms with Gasteiger partial charge in [0.05, 0.1) is 23.4 Å². The fraction of sp³-hybridized carbons (Fsp3) is 0.750. The maximum absolute atomic E-state index is 5.63. The maximum atomic E-state index is 5.63. The lowest BCUT2D eigenvalue weighted by Gasteiger charge is -2.14. The largest absolute Gasteiger partial charge is 0.376 e. The first-order valence-electron chi connectivity index (χ1n) is 8.07. The number of thiazole rings is 1. The van der Waals surface area contributed by atoms with E-state index in [1.807, 2.05) is 0 Å². The third-order valence-corrected chi connectivity index (χ3v) is 4.77. The fourth-order valence-corrected chi connectivity index (χ4v) is 3.14. The van der Waals surface area contributed by atoms with Gasteiger partial charge in [-0.3, -0.25) is 0 Å². The van der Waals surface area contributed by atoms with Crippen LogP contribution < -0.4 is 10.6 Å². The summed E-state index contributed by atoms with van der Waals surface area (Å²) in [6, 6.07) is 0. The highest BCUT2D eigenvalue weighted by molar-refractivity contribution is 7.09. The van der Waals surface area contributed by atoms with Gasteiger partial charge in [0.25, 0.3) is 0 Å². The number of ether oxygens (including phenoxy) is 1. The van der Waals surface area contributed by atoms with Crippen molar-refractivity contribution in [1.29, 1.82) is 0 Å². The van der Waals surface area contributed by atoms with Gasteiger partial charge in [0.2, 0.25) is 0 Å². The van der Waals surface area contributed by atoms with Crippen LogP contribution in [0.15, 0.2) is 10.4 Å². The van der Waals surface area contributed by atoms with Crippen molar-refractivity contribution in [2.75, 3.05) is 19.7 Å². The second-order valence-electron chi connectivity index (χ2n) is 6.61. The minimum Gasteiger partial charge on any atom is -0.376 e. The van der Waals surface area contributed by atoms with E-state index in [9.17, 15) is 0 Å². The lowest BCUT2D eigenvalue weighted by atomic mass is 9.98. The minimum atomic E-state index is 0.106. The minimum absolute atomic E-state index is 0.106. The predicted molar refractivity (Wildman–Crippen MR) is 92.6 cm³/mol.